The molecule has 5 rings (SSSR count). The van der Waals surface area contributed by atoms with Crippen LogP contribution in [-0.4, -0.2) is 54.3 Å². The molecule has 28 heavy (non-hydrogen) atoms. The third-order valence-electron chi connectivity index (χ3n) is 7.37. The van der Waals surface area contributed by atoms with E-state index < -0.39 is 11.9 Å². The minimum absolute atomic E-state index is 0.0360. The predicted octanol–water partition coefficient (Wildman–Crippen LogP) is 2.46. The summed E-state index contributed by atoms with van der Waals surface area (Å²) in [5.41, 5.74) is 1.16. The molecule has 1 aromatic rings. The summed E-state index contributed by atoms with van der Waals surface area (Å²) in [6, 6.07) is 8.12. The molecule has 2 saturated heterocycles. The van der Waals surface area contributed by atoms with Gasteiger partial charge in [0.1, 0.15) is 5.75 Å². The molecule has 0 bridgehead atoms. The van der Waals surface area contributed by atoms with E-state index in [0.717, 1.165) is 31.4 Å². The lowest BCUT2D eigenvalue weighted by atomic mass is 9.83. The fraction of sp³-hybridized carbons (Fsp3) is 0.636. The lowest BCUT2D eigenvalue weighted by molar-refractivity contribution is -0.146. The van der Waals surface area contributed by atoms with Crippen LogP contribution in [0.1, 0.15) is 37.7 Å². The molecule has 3 aliphatic heterocycles. The zero-order valence-corrected chi connectivity index (χ0v) is 16.0. The van der Waals surface area contributed by atoms with E-state index in [1.807, 2.05) is 23.1 Å². The van der Waals surface area contributed by atoms with Gasteiger partial charge in [0.25, 0.3) is 0 Å². The first-order valence-corrected chi connectivity index (χ1v) is 10.5. The Morgan fingerprint density at radius 3 is 2.68 bits per heavy atom. The number of piperidine rings is 1. The molecular weight excluding hydrogens is 358 g/mol. The molecule has 1 amide bonds. The van der Waals surface area contributed by atoms with Crippen LogP contribution in [-0.2, 0) is 19.7 Å². The fourth-order valence-corrected chi connectivity index (χ4v) is 5.69. The van der Waals surface area contributed by atoms with E-state index in [-0.39, 0.29) is 29.3 Å². The Kier molecular flexibility index (Phi) is 4.34. The molecule has 0 aromatic heterocycles. The number of carboxylic acids is 1. The first kappa shape index (κ1) is 18.0. The third kappa shape index (κ3) is 2.81. The van der Waals surface area contributed by atoms with E-state index in [1.165, 1.54) is 5.56 Å². The molecule has 6 nitrogen and oxygen atoms in total. The van der Waals surface area contributed by atoms with Crippen LogP contribution < -0.4 is 4.74 Å². The number of nitrogens with zero attached hydrogens (tertiary/aromatic N) is 1. The Morgan fingerprint density at radius 2 is 1.89 bits per heavy atom. The van der Waals surface area contributed by atoms with Crippen molar-refractivity contribution in [2.75, 3.05) is 26.3 Å². The van der Waals surface area contributed by atoms with E-state index >= 15 is 0 Å². The largest absolute Gasteiger partial charge is 0.493 e. The van der Waals surface area contributed by atoms with Gasteiger partial charge >= 0.3 is 5.97 Å². The number of ether oxygens (including phenoxy) is 2. The minimum Gasteiger partial charge on any atom is -0.493 e. The molecule has 1 aliphatic carbocycles. The second kappa shape index (κ2) is 6.76. The number of carbonyl (C=O) groups is 2. The van der Waals surface area contributed by atoms with Crippen molar-refractivity contribution >= 4 is 11.9 Å². The van der Waals surface area contributed by atoms with Crippen molar-refractivity contribution < 1.29 is 24.2 Å². The number of carbonyl (C=O) groups excluding carboxylic acids is 1. The number of carboxylic acid groups (broad SMARTS) is 1. The van der Waals surface area contributed by atoms with Gasteiger partial charge in [0.05, 0.1) is 18.6 Å². The Morgan fingerprint density at radius 1 is 1.11 bits per heavy atom. The summed E-state index contributed by atoms with van der Waals surface area (Å²) in [7, 11) is 0. The number of amides is 1. The molecule has 0 radical (unpaired) electrons. The topological polar surface area (TPSA) is 76.1 Å². The highest BCUT2D eigenvalue weighted by Gasteiger charge is 2.61. The normalized spacial score (nSPS) is 34.7. The molecular formula is C22H27NO5. The van der Waals surface area contributed by atoms with Crippen LogP contribution in [0, 0.1) is 17.8 Å². The van der Waals surface area contributed by atoms with Gasteiger partial charge in [-0.2, -0.15) is 0 Å². The van der Waals surface area contributed by atoms with Crippen molar-refractivity contribution in [3.05, 3.63) is 29.8 Å². The highest BCUT2D eigenvalue weighted by Crippen LogP contribution is 2.61. The van der Waals surface area contributed by atoms with Gasteiger partial charge in [0, 0.05) is 36.6 Å². The van der Waals surface area contributed by atoms with E-state index in [2.05, 4.69) is 6.07 Å². The summed E-state index contributed by atoms with van der Waals surface area (Å²) >= 11 is 0. The number of aliphatic carboxylic acids is 1. The fourth-order valence-electron chi connectivity index (χ4n) is 5.69. The molecule has 6 heteroatoms. The molecule has 1 aromatic carbocycles. The van der Waals surface area contributed by atoms with Crippen LogP contribution in [0.5, 0.6) is 5.75 Å². The second-order valence-electron chi connectivity index (χ2n) is 8.74. The molecule has 1 spiro atoms. The third-order valence-corrected chi connectivity index (χ3v) is 7.37. The molecule has 4 atom stereocenters. The van der Waals surface area contributed by atoms with Crippen LogP contribution in [0.2, 0.25) is 0 Å². The van der Waals surface area contributed by atoms with Gasteiger partial charge in [0.15, 0.2) is 0 Å². The quantitative estimate of drug-likeness (QED) is 0.865. The second-order valence-corrected chi connectivity index (χ2v) is 8.74. The number of benzene rings is 1. The smallest absolute Gasteiger partial charge is 0.309 e. The maximum atomic E-state index is 13.2. The summed E-state index contributed by atoms with van der Waals surface area (Å²) in [5, 5.41) is 9.40. The van der Waals surface area contributed by atoms with Crippen LogP contribution in [0.3, 0.4) is 0 Å². The molecule has 150 valence electrons. The average molecular weight is 385 g/mol. The van der Waals surface area contributed by atoms with Crippen molar-refractivity contribution in [1.82, 2.24) is 4.90 Å². The Balaban J connectivity index is 1.23. The van der Waals surface area contributed by atoms with Gasteiger partial charge in [-0.05, 0) is 44.1 Å². The lowest BCUT2D eigenvalue weighted by Gasteiger charge is -2.36. The van der Waals surface area contributed by atoms with Crippen LogP contribution >= 0.6 is 0 Å². The van der Waals surface area contributed by atoms with E-state index in [1.54, 1.807) is 0 Å². The SMILES string of the molecule is O=C(O)C1CCO[C@H]1C1CCN(C(=O)[C@@H]2C[C@]23CCOc2ccccc23)CC1. The first-order chi connectivity index (χ1) is 13.6. The van der Waals surface area contributed by atoms with Gasteiger partial charge in [0.2, 0.25) is 5.91 Å². The number of fused-ring (bicyclic) bond motifs is 2. The minimum atomic E-state index is -0.751. The predicted molar refractivity (Wildman–Crippen MR) is 101 cm³/mol. The summed E-state index contributed by atoms with van der Waals surface area (Å²) in [5.74, 6) is 0.350. The highest BCUT2D eigenvalue weighted by atomic mass is 16.5. The molecule has 3 heterocycles. The summed E-state index contributed by atoms with van der Waals surface area (Å²) in [4.78, 5) is 26.6. The van der Waals surface area contributed by atoms with Crippen LogP contribution in [0.25, 0.3) is 0 Å². The number of rotatable bonds is 3. The number of hydrogen-bond acceptors (Lipinski definition) is 4. The van der Waals surface area contributed by atoms with Crippen LogP contribution in [0.4, 0.5) is 0 Å². The molecule has 1 saturated carbocycles. The van der Waals surface area contributed by atoms with Crippen molar-refractivity contribution in [1.29, 1.82) is 0 Å². The summed E-state index contributed by atoms with van der Waals surface area (Å²) in [6.45, 7) is 2.63. The van der Waals surface area contributed by atoms with Crippen molar-refractivity contribution in [2.24, 2.45) is 17.8 Å². The average Bonchev–Trinajstić information content (AvgIpc) is 3.21. The Labute approximate surface area is 164 Å². The van der Waals surface area contributed by atoms with Crippen molar-refractivity contribution in [3.63, 3.8) is 0 Å². The van der Waals surface area contributed by atoms with Gasteiger partial charge in [-0.3, -0.25) is 9.59 Å². The number of para-hydroxylation sites is 1. The molecule has 4 aliphatic rings. The highest BCUT2D eigenvalue weighted by molar-refractivity contribution is 5.85. The summed E-state index contributed by atoms with van der Waals surface area (Å²) < 4.78 is 11.5. The van der Waals surface area contributed by atoms with Gasteiger partial charge in [-0.1, -0.05) is 18.2 Å². The van der Waals surface area contributed by atoms with Gasteiger partial charge in [-0.15, -0.1) is 0 Å². The maximum absolute atomic E-state index is 13.2. The summed E-state index contributed by atoms with van der Waals surface area (Å²) in [6.07, 6.45) is 3.90. The van der Waals surface area contributed by atoms with E-state index in [9.17, 15) is 14.7 Å². The molecule has 3 fully saturated rings. The van der Waals surface area contributed by atoms with Crippen molar-refractivity contribution in [3.8, 4) is 5.75 Å². The van der Waals surface area contributed by atoms with Crippen LogP contribution in [0.15, 0.2) is 24.3 Å². The lowest BCUT2D eigenvalue weighted by Crippen LogP contribution is -2.44. The Hall–Kier alpha value is -2.08. The van der Waals surface area contributed by atoms with Gasteiger partial charge < -0.3 is 19.5 Å². The molecule has 1 unspecified atom stereocenters. The van der Waals surface area contributed by atoms with E-state index in [0.29, 0.717) is 32.7 Å². The monoisotopic (exact) mass is 385 g/mol. The molecule has 1 N–H and O–H groups in total. The van der Waals surface area contributed by atoms with E-state index in [4.69, 9.17) is 9.47 Å². The van der Waals surface area contributed by atoms with Gasteiger partial charge in [-0.25, -0.2) is 0 Å². The van der Waals surface area contributed by atoms with Crippen molar-refractivity contribution in [2.45, 2.75) is 43.6 Å². The zero-order valence-electron chi connectivity index (χ0n) is 16.0. The Bertz CT molecular complexity index is 787. The maximum Gasteiger partial charge on any atom is 0.309 e. The number of likely N-dealkylation sites (tertiary alicyclic amines) is 1. The number of hydrogen-bond donors (Lipinski definition) is 1. The first-order valence-electron chi connectivity index (χ1n) is 10.5. The zero-order chi connectivity index (χ0) is 19.3. The standard InChI is InChI=1S/C22H27NO5/c24-20(17-13-22(17)8-12-27-18-4-2-1-3-16(18)22)23-9-5-14(6-10-23)19-15(21(25)26)7-11-28-19/h1-4,14-15,17,19H,5-13H2,(H,25,26)/t15?,17-,19-,22-/m0/s1.